The summed E-state index contributed by atoms with van der Waals surface area (Å²) in [5, 5.41) is 10.3. The Kier molecular flexibility index (Phi) is 4.14. The average molecular weight is 297 g/mol. The molecular weight excluding hydrogens is 287 g/mol. The molecule has 20 heavy (non-hydrogen) atoms. The molecule has 2 rings (SSSR count). The summed E-state index contributed by atoms with van der Waals surface area (Å²) in [7, 11) is 0. The van der Waals surface area contributed by atoms with Gasteiger partial charge in [0.2, 0.25) is 5.82 Å². The molecule has 0 atom stereocenters. The summed E-state index contributed by atoms with van der Waals surface area (Å²) >= 11 is 5.65. The molecule has 0 saturated carbocycles. The first kappa shape index (κ1) is 14.2. The number of aryl methyl sites for hydroxylation is 1. The highest BCUT2D eigenvalue weighted by molar-refractivity contribution is 6.32. The molecule has 0 amide bonds. The Morgan fingerprint density at radius 2 is 2.20 bits per heavy atom. The number of nitro benzene ring substituents is 1. The number of aromatic nitrogens is 1. The Labute approximate surface area is 119 Å². The molecule has 5 nitrogen and oxygen atoms in total. The van der Waals surface area contributed by atoms with Crippen LogP contribution in [-0.4, -0.2) is 9.91 Å². The van der Waals surface area contributed by atoms with Crippen molar-refractivity contribution in [3.05, 3.63) is 62.7 Å². The van der Waals surface area contributed by atoms with Gasteiger partial charge < -0.3 is 4.74 Å². The van der Waals surface area contributed by atoms with E-state index in [1.807, 2.05) is 13.0 Å². The van der Waals surface area contributed by atoms with Gasteiger partial charge in [-0.05, 0) is 18.6 Å². The zero-order chi connectivity index (χ0) is 14.7. The summed E-state index contributed by atoms with van der Waals surface area (Å²) in [6.45, 7) is 2.02. The van der Waals surface area contributed by atoms with Crippen molar-refractivity contribution in [2.45, 2.75) is 13.5 Å². The maximum Gasteiger partial charge on any atom is 0.323 e. The molecule has 0 aliphatic rings. The van der Waals surface area contributed by atoms with Gasteiger partial charge in [0.05, 0.1) is 10.6 Å². The molecule has 0 saturated heterocycles. The van der Waals surface area contributed by atoms with Crippen molar-refractivity contribution in [1.29, 1.82) is 0 Å². The number of benzene rings is 1. The largest absolute Gasteiger partial charge is 0.487 e. The number of hydrogen-bond acceptors (Lipinski definition) is 4. The Morgan fingerprint density at radius 3 is 2.75 bits per heavy atom. The number of hydrogen-bond donors (Lipinski definition) is 0. The second-order valence-corrected chi connectivity index (χ2v) is 4.52. The second-order valence-electron chi connectivity index (χ2n) is 4.11. The summed E-state index contributed by atoms with van der Waals surface area (Å²) in [6.07, 6.45) is 1.68. The fourth-order valence-electron chi connectivity index (χ4n) is 1.54. The monoisotopic (exact) mass is 296 g/mol. The van der Waals surface area contributed by atoms with E-state index in [0.717, 1.165) is 11.6 Å². The number of ether oxygens (including phenoxy) is 1. The first-order valence-corrected chi connectivity index (χ1v) is 6.03. The smallest absolute Gasteiger partial charge is 0.323 e. The minimum atomic E-state index is -1.03. The molecule has 0 spiro atoms. The first-order valence-electron chi connectivity index (χ1n) is 5.65. The first-order chi connectivity index (χ1) is 9.47. The van der Waals surface area contributed by atoms with Crippen LogP contribution in [0.3, 0.4) is 0 Å². The van der Waals surface area contributed by atoms with Crippen molar-refractivity contribution in [2.24, 2.45) is 0 Å². The molecule has 2 aromatic rings. The van der Waals surface area contributed by atoms with E-state index in [0.29, 0.717) is 5.69 Å². The van der Waals surface area contributed by atoms with Crippen LogP contribution in [0.4, 0.5) is 10.1 Å². The topological polar surface area (TPSA) is 65.3 Å². The number of nitrogens with zero attached hydrogens (tertiary/aromatic N) is 2. The van der Waals surface area contributed by atoms with Crippen LogP contribution in [0.1, 0.15) is 11.3 Å². The van der Waals surface area contributed by atoms with Crippen molar-refractivity contribution in [3.8, 4) is 5.75 Å². The minimum absolute atomic E-state index is 0.112. The van der Waals surface area contributed by atoms with E-state index in [1.54, 1.807) is 12.3 Å². The molecular formula is C13H10ClFN2O3. The lowest BCUT2D eigenvalue weighted by atomic mass is 10.2. The molecule has 1 heterocycles. The Hall–Kier alpha value is -2.21. The molecule has 0 radical (unpaired) electrons. The highest BCUT2D eigenvalue weighted by Crippen LogP contribution is 2.32. The SMILES string of the molecule is Cc1ccc(COc2cc(F)c([N+](=O)[O-])c(Cl)c2)nc1. The zero-order valence-electron chi connectivity index (χ0n) is 10.5. The fourth-order valence-corrected chi connectivity index (χ4v) is 1.81. The maximum absolute atomic E-state index is 13.5. The van der Waals surface area contributed by atoms with Crippen molar-refractivity contribution in [1.82, 2.24) is 4.98 Å². The number of rotatable bonds is 4. The van der Waals surface area contributed by atoms with E-state index in [2.05, 4.69) is 4.98 Å². The number of pyridine rings is 1. The normalized spacial score (nSPS) is 10.3. The van der Waals surface area contributed by atoms with Gasteiger partial charge in [-0.15, -0.1) is 0 Å². The van der Waals surface area contributed by atoms with Gasteiger partial charge in [-0.1, -0.05) is 17.7 Å². The predicted octanol–water partition coefficient (Wildman–Crippen LogP) is 3.67. The third-order valence-corrected chi connectivity index (χ3v) is 2.82. The molecule has 1 aromatic heterocycles. The maximum atomic E-state index is 13.5. The van der Waals surface area contributed by atoms with Crippen LogP contribution in [0.25, 0.3) is 0 Å². The summed E-state index contributed by atoms with van der Waals surface area (Å²) in [6, 6.07) is 5.78. The van der Waals surface area contributed by atoms with Gasteiger partial charge in [0.25, 0.3) is 0 Å². The van der Waals surface area contributed by atoms with Crippen LogP contribution < -0.4 is 4.74 Å². The standard InChI is InChI=1S/C13H10ClFN2O3/c1-8-2-3-9(16-6-8)7-20-10-4-11(14)13(17(18)19)12(15)5-10/h2-6H,7H2,1H3. The molecule has 1 aromatic carbocycles. The van der Waals surface area contributed by atoms with Gasteiger partial charge in [-0.25, -0.2) is 0 Å². The van der Waals surface area contributed by atoms with Gasteiger partial charge >= 0.3 is 5.69 Å². The summed E-state index contributed by atoms with van der Waals surface area (Å²) < 4.78 is 18.8. The van der Waals surface area contributed by atoms with Crippen LogP contribution in [0.15, 0.2) is 30.5 Å². The van der Waals surface area contributed by atoms with Crippen LogP contribution in [0, 0.1) is 22.9 Å². The fraction of sp³-hybridized carbons (Fsp3) is 0.154. The summed E-state index contributed by atoms with van der Waals surface area (Å²) in [5.74, 6) is -0.921. The van der Waals surface area contributed by atoms with Crippen LogP contribution in [0.5, 0.6) is 5.75 Å². The molecule has 0 aliphatic heterocycles. The molecule has 0 unspecified atom stereocenters. The highest BCUT2D eigenvalue weighted by atomic mass is 35.5. The minimum Gasteiger partial charge on any atom is -0.487 e. The molecule has 7 heteroatoms. The molecule has 0 fully saturated rings. The molecule has 104 valence electrons. The van der Waals surface area contributed by atoms with Crippen molar-refractivity contribution >= 4 is 17.3 Å². The van der Waals surface area contributed by atoms with E-state index < -0.39 is 16.4 Å². The number of nitro groups is 1. The van der Waals surface area contributed by atoms with Gasteiger partial charge in [0.1, 0.15) is 17.4 Å². The zero-order valence-corrected chi connectivity index (χ0v) is 11.2. The Balaban J connectivity index is 2.14. The molecule has 0 aliphatic carbocycles. The van der Waals surface area contributed by atoms with E-state index in [-0.39, 0.29) is 17.4 Å². The van der Waals surface area contributed by atoms with E-state index in [4.69, 9.17) is 16.3 Å². The lowest BCUT2D eigenvalue weighted by Crippen LogP contribution is -2.00. The van der Waals surface area contributed by atoms with Gasteiger partial charge in [0, 0.05) is 18.3 Å². The quantitative estimate of drug-likeness (QED) is 0.638. The van der Waals surface area contributed by atoms with Gasteiger partial charge in [-0.3, -0.25) is 15.1 Å². The third kappa shape index (κ3) is 3.21. The highest BCUT2D eigenvalue weighted by Gasteiger charge is 2.20. The Bertz CT molecular complexity index is 624. The summed E-state index contributed by atoms with van der Waals surface area (Å²) in [5.41, 5.74) is 0.913. The van der Waals surface area contributed by atoms with Crippen molar-refractivity contribution in [2.75, 3.05) is 0 Å². The second kappa shape index (κ2) is 5.83. The Morgan fingerprint density at radius 1 is 1.45 bits per heavy atom. The molecule has 0 bridgehead atoms. The van der Waals surface area contributed by atoms with Crippen LogP contribution in [0.2, 0.25) is 5.02 Å². The lowest BCUT2D eigenvalue weighted by Gasteiger charge is -2.07. The average Bonchev–Trinajstić information content (AvgIpc) is 2.37. The van der Waals surface area contributed by atoms with E-state index in [9.17, 15) is 14.5 Å². The predicted molar refractivity (Wildman–Crippen MR) is 71.4 cm³/mol. The van der Waals surface area contributed by atoms with E-state index in [1.165, 1.54) is 6.07 Å². The molecule has 0 N–H and O–H groups in total. The van der Waals surface area contributed by atoms with Crippen molar-refractivity contribution in [3.63, 3.8) is 0 Å². The van der Waals surface area contributed by atoms with Crippen LogP contribution >= 0.6 is 11.6 Å². The number of halogens is 2. The summed E-state index contributed by atoms with van der Waals surface area (Å²) in [4.78, 5) is 13.8. The van der Waals surface area contributed by atoms with Gasteiger partial charge in [0.15, 0.2) is 0 Å². The lowest BCUT2D eigenvalue weighted by molar-refractivity contribution is -0.387. The third-order valence-electron chi connectivity index (χ3n) is 2.53. The van der Waals surface area contributed by atoms with Gasteiger partial charge in [-0.2, -0.15) is 4.39 Å². The van der Waals surface area contributed by atoms with E-state index >= 15 is 0 Å². The van der Waals surface area contributed by atoms with Crippen LogP contribution in [-0.2, 0) is 6.61 Å². The van der Waals surface area contributed by atoms with Crippen molar-refractivity contribution < 1.29 is 14.1 Å².